The van der Waals surface area contributed by atoms with Gasteiger partial charge in [0.2, 0.25) is 0 Å². The molecule has 2 aliphatic heterocycles. The molecule has 0 aliphatic carbocycles. The van der Waals surface area contributed by atoms with E-state index in [-0.39, 0.29) is 5.79 Å². The molecule has 0 radical (unpaired) electrons. The molecule has 2 nitrogen and oxygen atoms in total. The van der Waals surface area contributed by atoms with E-state index in [1.54, 1.807) is 0 Å². The van der Waals surface area contributed by atoms with Crippen LogP contribution in [0, 0.1) is 0 Å². The van der Waals surface area contributed by atoms with Crippen LogP contribution in [-0.4, -0.2) is 18.0 Å². The Labute approximate surface area is 135 Å². The summed E-state index contributed by atoms with van der Waals surface area (Å²) < 4.78 is 14.9. The number of hydrogen-bond donors (Lipinski definition) is 0. The zero-order valence-electron chi connectivity index (χ0n) is 10.3. The van der Waals surface area contributed by atoms with Gasteiger partial charge in [-0.05, 0) is 0 Å². The van der Waals surface area contributed by atoms with Gasteiger partial charge in [-0.1, -0.05) is 0 Å². The first-order valence-electron chi connectivity index (χ1n) is 6.75. The molecule has 0 aromatic rings. The summed E-state index contributed by atoms with van der Waals surface area (Å²) in [5.74, 6) is -0.244. The van der Waals surface area contributed by atoms with Crippen LogP contribution in [0.3, 0.4) is 0 Å². The fourth-order valence-electron chi connectivity index (χ4n) is 2.96. The third kappa shape index (κ3) is 4.70. The maximum atomic E-state index is 6.26. The van der Waals surface area contributed by atoms with Crippen molar-refractivity contribution in [1.29, 1.82) is 0 Å². The molecule has 0 bridgehead atoms. The van der Waals surface area contributed by atoms with Gasteiger partial charge in [-0.25, -0.2) is 0 Å². The van der Waals surface area contributed by atoms with E-state index in [4.69, 9.17) is 26.0 Å². The van der Waals surface area contributed by atoms with E-state index in [1.807, 2.05) is 0 Å². The van der Waals surface area contributed by atoms with E-state index in [0.29, 0.717) is 12.2 Å². The van der Waals surface area contributed by atoms with Gasteiger partial charge in [0.05, 0.1) is 0 Å². The minimum atomic E-state index is -1.09. The van der Waals surface area contributed by atoms with Crippen molar-refractivity contribution in [2.45, 2.75) is 64.4 Å². The fourth-order valence-corrected chi connectivity index (χ4v) is 12.3. The van der Waals surface area contributed by atoms with Gasteiger partial charge in [0.25, 0.3) is 0 Å². The average molecular weight is 654 g/mol. The first-order valence-corrected chi connectivity index (χ1v) is 28.1. The Morgan fingerprint density at radius 2 is 1.41 bits per heavy atom. The molecule has 6 heteroatoms. The second-order valence-corrected chi connectivity index (χ2v) is 19.2. The molecule has 2 fully saturated rings. The van der Waals surface area contributed by atoms with Gasteiger partial charge < -0.3 is 0 Å². The molecule has 2 atom stereocenters. The zero-order chi connectivity index (χ0) is 12.1. The standard InChI is InChI=1S/C11H18O2.2ClH.2Hg/c1-9-5-3-7-11(12-9)8-4-6-10(2)13-11;;;;/h9-10H,1-8H2;2*1H;;/q;;;2*+1/p-2/t9-,10-,11?;;;;/m0..../s1. The second kappa shape index (κ2) is 7.97. The van der Waals surface area contributed by atoms with Crippen LogP contribution in [0.2, 0.25) is 7.86 Å². The summed E-state index contributed by atoms with van der Waals surface area (Å²) >= 11 is -2.18. The molecule has 2 rings (SSSR count). The van der Waals surface area contributed by atoms with Gasteiger partial charge >= 0.3 is 137 Å². The van der Waals surface area contributed by atoms with Gasteiger partial charge in [-0.2, -0.15) is 0 Å². The third-order valence-corrected chi connectivity index (χ3v) is 14.3. The third-order valence-electron chi connectivity index (χ3n) is 3.79. The summed E-state index contributed by atoms with van der Waals surface area (Å²) in [6.07, 6.45) is 7.84. The summed E-state index contributed by atoms with van der Waals surface area (Å²) in [6.45, 7) is 0. The van der Waals surface area contributed by atoms with E-state index in [2.05, 4.69) is 0 Å². The Bertz CT molecular complexity index is 216. The van der Waals surface area contributed by atoms with Crippen LogP contribution in [0.5, 0.6) is 0 Å². The molecule has 17 heavy (non-hydrogen) atoms. The molecule has 2 heterocycles. The molecular weight excluding hydrogens is 636 g/mol. The molecule has 0 aromatic carbocycles. The van der Waals surface area contributed by atoms with Gasteiger partial charge in [-0.3, -0.25) is 0 Å². The molecule has 0 saturated carbocycles. The molecule has 2 saturated heterocycles. The second-order valence-electron chi connectivity index (χ2n) is 5.13. The van der Waals surface area contributed by atoms with Crippen LogP contribution in [0.15, 0.2) is 0 Å². The Balaban J connectivity index is 1.92. The van der Waals surface area contributed by atoms with Crippen LogP contribution < -0.4 is 0 Å². The quantitative estimate of drug-likeness (QED) is 0.425. The first-order chi connectivity index (χ1) is 8.28. The Morgan fingerprint density at radius 3 is 1.82 bits per heavy atom. The average Bonchev–Trinajstić information content (AvgIpc) is 2.30. The molecule has 0 aromatic heterocycles. The van der Waals surface area contributed by atoms with Crippen molar-refractivity contribution in [3.8, 4) is 0 Å². The van der Waals surface area contributed by atoms with Crippen LogP contribution in [0.25, 0.3) is 0 Å². The summed E-state index contributed by atoms with van der Waals surface area (Å²) in [4.78, 5) is 0. The fraction of sp³-hybridized carbons (Fsp3) is 1.00. The first kappa shape index (κ1) is 15.8. The van der Waals surface area contributed by atoms with E-state index < -0.39 is 46.7 Å². The van der Waals surface area contributed by atoms with Crippen molar-refractivity contribution in [2.24, 2.45) is 0 Å². The van der Waals surface area contributed by atoms with E-state index >= 15 is 0 Å². The number of ether oxygens (including phenoxy) is 2. The number of hydrogen-bond acceptors (Lipinski definition) is 2. The number of rotatable bonds is 4. The van der Waals surface area contributed by atoms with Crippen molar-refractivity contribution >= 4 is 16.5 Å². The summed E-state index contributed by atoms with van der Waals surface area (Å²) in [5, 5.41) is 0. The van der Waals surface area contributed by atoms with Gasteiger partial charge in [0.15, 0.2) is 0 Å². The van der Waals surface area contributed by atoms with Crippen LogP contribution in [0.1, 0.15) is 38.5 Å². The molecule has 92 valence electrons. The summed E-state index contributed by atoms with van der Waals surface area (Å²) in [7, 11) is 12.1. The van der Waals surface area contributed by atoms with E-state index in [0.717, 1.165) is 12.8 Å². The predicted molar refractivity (Wildman–Crippen MR) is 61.5 cm³/mol. The molecule has 0 amide bonds. The van der Waals surface area contributed by atoms with Gasteiger partial charge in [0, 0.05) is 0 Å². The predicted octanol–water partition coefficient (Wildman–Crippen LogP) is 4.13. The van der Waals surface area contributed by atoms with Gasteiger partial charge in [0.1, 0.15) is 0 Å². The molecule has 2 aliphatic rings. The van der Waals surface area contributed by atoms with Crippen molar-refractivity contribution < 1.29 is 56.2 Å². The monoisotopic (exact) mass is 656 g/mol. The van der Waals surface area contributed by atoms with Crippen molar-refractivity contribution in [1.82, 2.24) is 0 Å². The maximum absolute atomic E-state index is 6.26. The zero-order valence-corrected chi connectivity index (χ0v) is 22.8. The van der Waals surface area contributed by atoms with Crippen molar-refractivity contribution in [3.63, 3.8) is 0 Å². The number of halogens is 2. The van der Waals surface area contributed by atoms with Crippen LogP contribution in [0.4, 0.5) is 0 Å². The minimum absolute atomic E-state index is 0.244. The Kier molecular flexibility index (Phi) is 7.39. The van der Waals surface area contributed by atoms with Crippen molar-refractivity contribution in [2.75, 3.05) is 0 Å². The summed E-state index contributed by atoms with van der Waals surface area (Å²) in [6, 6.07) is 0. The molecule has 0 N–H and O–H groups in total. The van der Waals surface area contributed by atoms with E-state index in [9.17, 15) is 0 Å². The topological polar surface area (TPSA) is 18.5 Å². The normalized spacial score (nSPS) is 31.9. The van der Waals surface area contributed by atoms with E-state index in [1.165, 1.54) is 33.5 Å². The SMILES string of the molecule is [Cl][Hg][CH2][C@H]1CCCC2(CCC[C@H]([CH2][Hg][Cl])O2)O1. The van der Waals surface area contributed by atoms with Gasteiger partial charge in [-0.15, -0.1) is 0 Å². The van der Waals surface area contributed by atoms with Crippen LogP contribution in [-0.2, 0) is 56.2 Å². The molecule has 1 spiro atoms. The van der Waals surface area contributed by atoms with Crippen molar-refractivity contribution in [3.05, 3.63) is 0 Å². The summed E-state index contributed by atoms with van der Waals surface area (Å²) in [5.41, 5.74) is 0. The Hall–Kier alpha value is 2.37. The van der Waals surface area contributed by atoms with Crippen LogP contribution >= 0.6 is 16.5 Å². The molecular formula is C11H18Cl2Hg2O2. The molecule has 0 unspecified atom stereocenters. The Morgan fingerprint density at radius 1 is 0.941 bits per heavy atom.